The number of hydrogen-bond donors (Lipinski definition) is 0. The molecule has 0 bridgehead atoms. The van der Waals surface area contributed by atoms with Crippen LogP contribution in [0.2, 0.25) is 0 Å². The van der Waals surface area contributed by atoms with Crippen molar-refractivity contribution in [3.63, 3.8) is 0 Å². The molecule has 0 N–H and O–H groups in total. The first kappa shape index (κ1) is 11.1. The highest BCUT2D eigenvalue weighted by Crippen LogP contribution is 2.28. The summed E-state index contributed by atoms with van der Waals surface area (Å²) in [5, 5.41) is 22.6. The average Bonchev–Trinajstić information content (AvgIpc) is 2.57. The fourth-order valence-corrected chi connectivity index (χ4v) is 1.53. The molecule has 0 atom stereocenters. The molecule has 0 radical (unpaired) electrons. The van der Waals surface area contributed by atoms with Gasteiger partial charge in [0.25, 0.3) is 5.69 Å². The third kappa shape index (κ3) is 1.73. The summed E-state index contributed by atoms with van der Waals surface area (Å²) < 4.78 is 5.84. The highest BCUT2D eigenvalue weighted by Gasteiger charge is 2.27. The third-order valence-corrected chi connectivity index (χ3v) is 2.58. The number of hydrogen-bond acceptors (Lipinski definition) is 4. The Labute approximate surface area is 96.8 Å². The number of nitrogens with zero attached hydrogens (tertiary/aromatic N) is 2. The highest BCUT2D eigenvalue weighted by molar-refractivity contribution is 5.64. The molecule has 0 aliphatic rings. The van der Waals surface area contributed by atoms with Crippen LogP contribution in [0.25, 0.3) is 11.5 Å². The third-order valence-electron chi connectivity index (χ3n) is 2.58. The van der Waals surface area contributed by atoms with Gasteiger partial charge in [0.05, 0.1) is 4.92 Å². The minimum Gasteiger partial charge on any atom is -0.616 e. The second-order valence-electron chi connectivity index (χ2n) is 3.62. The predicted octanol–water partition coefficient (Wildman–Crippen LogP) is 2.11. The van der Waals surface area contributed by atoms with E-state index >= 15 is 0 Å². The summed E-state index contributed by atoms with van der Waals surface area (Å²) in [5.74, 6) is 0.403. The maximum Gasteiger partial charge on any atom is 0.399 e. The second-order valence-corrected chi connectivity index (χ2v) is 3.62. The molecule has 2 rings (SSSR count). The number of nitro groups is 1. The van der Waals surface area contributed by atoms with E-state index in [-0.39, 0.29) is 17.1 Å². The van der Waals surface area contributed by atoms with E-state index in [1.807, 2.05) is 0 Å². The Hall–Kier alpha value is -2.37. The smallest absolute Gasteiger partial charge is 0.399 e. The van der Waals surface area contributed by atoms with Crippen molar-refractivity contribution in [1.82, 2.24) is 0 Å². The highest BCUT2D eigenvalue weighted by atomic mass is 16.6. The molecule has 0 saturated carbocycles. The Kier molecular flexibility index (Phi) is 2.55. The maximum atomic E-state index is 11.8. The van der Waals surface area contributed by atoms with Gasteiger partial charge in [0.1, 0.15) is 0 Å². The van der Waals surface area contributed by atoms with Crippen molar-refractivity contribution in [2.75, 3.05) is 0 Å². The van der Waals surface area contributed by atoms with Crippen molar-refractivity contribution >= 4 is 5.69 Å². The lowest BCUT2D eigenvalue weighted by molar-refractivity contribution is -0.603. The fraction of sp³-hybridized carbons (Fsp3) is 0.182. The number of oxazole rings is 1. The second kappa shape index (κ2) is 3.89. The van der Waals surface area contributed by atoms with Crippen molar-refractivity contribution in [3.05, 3.63) is 51.0 Å². The average molecular weight is 234 g/mol. The summed E-state index contributed by atoms with van der Waals surface area (Å²) >= 11 is 0. The van der Waals surface area contributed by atoms with Crippen molar-refractivity contribution in [2.24, 2.45) is 0 Å². The lowest BCUT2D eigenvalue weighted by Gasteiger charge is -1.98. The van der Waals surface area contributed by atoms with Crippen LogP contribution in [0.5, 0.6) is 0 Å². The van der Waals surface area contributed by atoms with E-state index in [2.05, 4.69) is 0 Å². The van der Waals surface area contributed by atoms with Gasteiger partial charge in [-0.25, -0.2) is 0 Å². The normalized spacial score (nSPS) is 10.5. The molecule has 0 unspecified atom stereocenters. The molecule has 2 aromatic rings. The van der Waals surface area contributed by atoms with Gasteiger partial charge in [-0.3, -0.25) is 10.1 Å². The zero-order valence-corrected chi connectivity index (χ0v) is 9.34. The molecule has 6 nitrogen and oxygen atoms in total. The number of benzene rings is 1. The zero-order chi connectivity index (χ0) is 12.6. The molecule has 88 valence electrons. The molecule has 0 aliphatic carbocycles. The largest absolute Gasteiger partial charge is 0.616 e. The van der Waals surface area contributed by atoms with Crippen LogP contribution < -0.4 is 4.73 Å². The number of aromatic nitrogens is 1. The van der Waals surface area contributed by atoms with E-state index in [0.717, 1.165) is 0 Å². The summed E-state index contributed by atoms with van der Waals surface area (Å²) in [7, 11) is 0. The monoisotopic (exact) mass is 234 g/mol. The van der Waals surface area contributed by atoms with Crippen LogP contribution in [0.15, 0.2) is 28.7 Å². The summed E-state index contributed by atoms with van der Waals surface area (Å²) in [6.45, 7) is 3.24. The molecule has 0 fully saturated rings. The Morgan fingerprint density at radius 1 is 1.29 bits per heavy atom. The van der Waals surface area contributed by atoms with Crippen molar-refractivity contribution < 1.29 is 14.1 Å². The molecule has 1 aromatic heterocycles. The first-order valence-electron chi connectivity index (χ1n) is 4.95. The minimum atomic E-state index is -0.539. The van der Waals surface area contributed by atoms with E-state index in [0.29, 0.717) is 16.2 Å². The van der Waals surface area contributed by atoms with Gasteiger partial charge in [-0.05, 0) is 6.07 Å². The molecule has 1 heterocycles. The predicted molar refractivity (Wildman–Crippen MR) is 59.2 cm³/mol. The van der Waals surface area contributed by atoms with E-state index in [1.165, 1.54) is 12.1 Å². The van der Waals surface area contributed by atoms with Gasteiger partial charge < -0.3 is 9.62 Å². The minimum absolute atomic E-state index is 0.0488. The maximum absolute atomic E-state index is 11.8. The standard InChI is InChI=1S/C11H10N2O4/c1-7-8(2)17-11(12(7)14)9-5-3-4-6-10(9)13(15)16/h3-6H,1-2H3. The van der Waals surface area contributed by atoms with Crippen molar-refractivity contribution in [2.45, 2.75) is 13.8 Å². The number of aryl methyl sites for hydroxylation is 1. The van der Waals surface area contributed by atoms with Crippen LogP contribution in [0.3, 0.4) is 0 Å². The Balaban J connectivity index is 2.68. The Morgan fingerprint density at radius 2 is 1.94 bits per heavy atom. The Morgan fingerprint density at radius 3 is 2.47 bits per heavy atom. The molecule has 0 spiro atoms. The van der Waals surface area contributed by atoms with E-state index < -0.39 is 4.92 Å². The molecule has 0 aliphatic heterocycles. The quantitative estimate of drug-likeness (QED) is 0.345. The fourth-order valence-electron chi connectivity index (χ4n) is 1.53. The van der Waals surface area contributed by atoms with Gasteiger partial charge >= 0.3 is 5.89 Å². The SMILES string of the molecule is Cc1oc(-c2ccccc2[N+](=O)[O-])[n+]([O-])c1C. The van der Waals surface area contributed by atoms with Gasteiger partial charge in [-0.2, -0.15) is 0 Å². The van der Waals surface area contributed by atoms with Crippen LogP contribution in [0, 0.1) is 29.2 Å². The van der Waals surface area contributed by atoms with Gasteiger partial charge in [0.2, 0.25) is 5.69 Å². The van der Waals surface area contributed by atoms with Crippen LogP contribution in [-0.2, 0) is 0 Å². The van der Waals surface area contributed by atoms with Gasteiger partial charge in [-0.1, -0.05) is 12.1 Å². The van der Waals surface area contributed by atoms with E-state index in [1.54, 1.807) is 26.0 Å². The van der Waals surface area contributed by atoms with Gasteiger partial charge in [0.15, 0.2) is 11.3 Å². The van der Waals surface area contributed by atoms with Crippen molar-refractivity contribution in [3.8, 4) is 11.5 Å². The summed E-state index contributed by atoms with van der Waals surface area (Å²) in [5.41, 5.74) is 0.438. The van der Waals surface area contributed by atoms with Gasteiger partial charge in [-0.15, -0.1) is 4.73 Å². The molecular formula is C11H10N2O4. The number of para-hydroxylation sites is 1. The molecule has 0 saturated heterocycles. The zero-order valence-electron chi connectivity index (χ0n) is 9.34. The van der Waals surface area contributed by atoms with Crippen molar-refractivity contribution in [1.29, 1.82) is 0 Å². The van der Waals surface area contributed by atoms with Crippen LogP contribution in [0.4, 0.5) is 5.69 Å². The molecule has 0 amide bonds. The summed E-state index contributed by atoms with van der Waals surface area (Å²) in [6, 6.07) is 5.99. The number of nitro benzene ring substituents is 1. The molecule has 17 heavy (non-hydrogen) atoms. The number of rotatable bonds is 2. The van der Waals surface area contributed by atoms with E-state index in [4.69, 9.17) is 4.42 Å². The lowest BCUT2D eigenvalue weighted by Crippen LogP contribution is -2.29. The Bertz CT molecular complexity index is 589. The first-order chi connectivity index (χ1) is 8.02. The van der Waals surface area contributed by atoms with Crippen LogP contribution in [0.1, 0.15) is 11.5 Å². The summed E-state index contributed by atoms with van der Waals surface area (Å²) in [4.78, 5) is 10.3. The molecule has 1 aromatic carbocycles. The molecule has 6 heteroatoms. The first-order valence-corrected chi connectivity index (χ1v) is 4.95. The topological polar surface area (TPSA) is 83.2 Å². The lowest BCUT2D eigenvalue weighted by atomic mass is 10.2. The molecular weight excluding hydrogens is 224 g/mol. The van der Waals surface area contributed by atoms with Gasteiger partial charge in [0, 0.05) is 19.9 Å². The summed E-state index contributed by atoms with van der Waals surface area (Å²) in [6.07, 6.45) is 0. The van der Waals surface area contributed by atoms with Crippen LogP contribution >= 0.6 is 0 Å². The van der Waals surface area contributed by atoms with Crippen LogP contribution in [-0.4, -0.2) is 4.92 Å². The van der Waals surface area contributed by atoms with E-state index in [9.17, 15) is 15.3 Å².